The first-order valence-electron chi connectivity index (χ1n) is 6.05. The highest BCUT2D eigenvalue weighted by atomic mass is 19.1. The number of anilines is 1. The predicted molar refractivity (Wildman–Crippen MR) is 68.8 cm³/mol. The molecule has 19 heavy (non-hydrogen) atoms. The smallest absolute Gasteiger partial charge is 0.295 e. The Hall–Kier alpha value is -1.89. The van der Waals surface area contributed by atoms with Crippen LogP contribution in [0, 0.1) is 21.8 Å². The van der Waals surface area contributed by atoms with E-state index in [1.54, 1.807) is 0 Å². The topological polar surface area (TPSA) is 90.4 Å². The Balaban J connectivity index is 2.32. The number of nitrogens with zero attached hydrogens (tertiary/aromatic N) is 1. The molecule has 1 aliphatic rings. The second-order valence-corrected chi connectivity index (χ2v) is 4.58. The zero-order valence-electron chi connectivity index (χ0n) is 10.6. The van der Waals surface area contributed by atoms with Crippen LogP contribution in [-0.4, -0.2) is 24.6 Å². The number of methoxy groups -OCH3 is 1. The summed E-state index contributed by atoms with van der Waals surface area (Å²) in [6.07, 6.45) is 2.11. The van der Waals surface area contributed by atoms with Crippen LogP contribution in [0.25, 0.3) is 0 Å². The van der Waals surface area contributed by atoms with Gasteiger partial charge in [-0.1, -0.05) is 0 Å². The van der Waals surface area contributed by atoms with E-state index in [0.717, 1.165) is 18.9 Å². The number of nitro benzene ring substituents is 1. The molecule has 1 atom stereocenters. The largest absolute Gasteiger partial charge is 0.494 e. The van der Waals surface area contributed by atoms with E-state index >= 15 is 0 Å². The second-order valence-electron chi connectivity index (χ2n) is 4.58. The van der Waals surface area contributed by atoms with E-state index in [9.17, 15) is 14.5 Å². The zero-order chi connectivity index (χ0) is 14.0. The third kappa shape index (κ3) is 2.93. The molecule has 0 aromatic heterocycles. The van der Waals surface area contributed by atoms with Crippen LogP contribution in [-0.2, 0) is 0 Å². The lowest BCUT2D eigenvalue weighted by Crippen LogP contribution is -2.31. The predicted octanol–water partition coefficient (Wildman–Crippen LogP) is 1.89. The van der Waals surface area contributed by atoms with Crippen molar-refractivity contribution >= 4 is 11.4 Å². The summed E-state index contributed by atoms with van der Waals surface area (Å²) in [7, 11) is 1.31. The molecule has 0 heterocycles. The molecule has 1 aliphatic carbocycles. The van der Waals surface area contributed by atoms with Crippen LogP contribution in [0.4, 0.5) is 15.8 Å². The Morgan fingerprint density at radius 2 is 2.32 bits per heavy atom. The van der Waals surface area contributed by atoms with Crippen LogP contribution in [0.15, 0.2) is 12.1 Å². The van der Waals surface area contributed by atoms with Crippen molar-refractivity contribution < 1.29 is 14.1 Å². The van der Waals surface area contributed by atoms with E-state index in [0.29, 0.717) is 12.5 Å². The molecule has 0 bridgehead atoms. The van der Waals surface area contributed by atoms with Gasteiger partial charge in [-0.05, 0) is 18.8 Å². The lowest BCUT2D eigenvalue weighted by atomic mass is 10.1. The van der Waals surface area contributed by atoms with Gasteiger partial charge in [-0.15, -0.1) is 0 Å². The van der Waals surface area contributed by atoms with Gasteiger partial charge in [0, 0.05) is 18.7 Å². The molecule has 1 saturated carbocycles. The monoisotopic (exact) mass is 269 g/mol. The summed E-state index contributed by atoms with van der Waals surface area (Å²) in [6, 6.07) is 2.13. The summed E-state index contributed by atoms with van der Waals surface area (Å²) < 4.78 is 18.3. The van der Waals surface area contributed by atoms with Crippen molar-refractivity contribution in [3.8, 4) is 5.75 Å². The molecule has 0 amide bonds. The summed E-state index contributed by atoms with van der Waals surface area (Å²) in [5, 5.41) is 14.0. The van der Waals surface area contributed by atoms with Gasteiger partial charge in [0.25, 0.3) is 5.69 Å². The highest BCUT2D eigenvalue weighted by molar-refractivity contribution is 5.65. The fraction of sp³-hybridized carbons (Fsp3) is 0.500. The van der Waals surface area contributed by atoms with E-state index in [1.807, 2.05) is 0 Å². The number of hydrogen-bond acceptors (Lipinski definition) is 5. The van der Waals surface area contributed by atoms with Crippen molar-refractivity contribution in [3.05, 3.63) is 28.1 Å². The van der Waals surface area contributed by atoms with Crippen LogP contribution in [0.3, 0.4) is 0 Å². The number of nitrogens with one attached hydrogen (secondary N) is 1. The number of nitro groups is 1. The quantitative estimate of drug-likeness (QED) is 0.608. The fourth-order valence-corrected chi connectivity index (χ4v) is 2.03. The van der Waals surface area contributed by atoms with Gasteiger partial charge in [0.2, 0.25) is 0 Å². The lowest BCUT2D eigenvalue weighted by molar-refractivity contribution is -0.384. The van der Waals surface area contributed by atoms with Gasteiger partial charge < -0.3 is 15.8 Å². The average Bonchev–Trinajstić information content (AvgIpc) is 3.21. The number of halogens is 1. The first-order chi connectivity index (χ1) is 9.06. The molecule has 7 heteroatoms. The summed E-state index contributed by atoms with van der Waals surface area (Å²) in [6.45, 7) is 0.377. The van der Waals surface area contributed by atoms with Crippen LogP contribution < -0.4 is 15.8 Å². The first-order valence-corrected chi connectivity index (χ1v) is 6.05. The molecule has 1 aromatic rings. The average molecular weight is 269 g/mol. The molecule has 3 N–H and O–H groups in total. The standard InChI is InChI=1S/C12H16FN3O3/c1-19-12-5-9(11(16(17)18)4-8(12)13)15-10(6-14)7-2-3-7/h4-5,7,10,15H,2-3,6,14H2,1H3. The maximum absolute atomic E-state index is 13.5. The summed E-state index contributed by atoms with van der Waals surface area (Å²) in [4.78, 5) is 10.3. The normalized spacial score (nSPS) is 15.9. The van der Waals surface area contributed by atoms with Crippen LogP contribution in [0.1, 0.15) is 12.8 Å². The maximum Gasteiger partial charge on any atom is 0.295 e. The molecule has 2 rings (SSSR count). The van der Waals surface area contributed by atoms with Crippen molar-refractivity contribution in [3.63, 3.8) is 0 Å². The van der Waals surface area contributed by atoms with Gasteiger partial charge >= 0.3 is 0 Å². The van der Waals surface area contributed by atoms with Gasteiger partial charge in [-0.25, -0.2) is 4.39 Å². The minimum atomic E-state index is -0.754. The lowest BCUT2D eigenvalue weighted by Gasteiger charge is -2.18. The molecule has 0 radical (unpaired) electrons. The highest BCUT2D eigenvalue weighted by Gasteiger charge is 2.32. The molecule has 0 spiro atoms. The number of ether oxygens (including phenoxy) is 1. The highest BCUT2D eigenvalue weighted by Crippen LogP contribution is 2.37. The van der Waals surface area contributed by atoms with Crippen molar-refractivity contribution in [1.29, 1.82) is 0 Å². The third-order valence-electron chi connectivity index (χ3n) is 3.25. The Bertz CT molecular complexity index is 491. The maximum atomic E-state index is 13.5. The number of nitrogens with two attached hydrogens (primary N) is 1. The summed E-state index contributed by atoms with van der Waals surface area (Å²) in [5.41, 5.74) is 5.58. The summed E-state index contributed by atoms with van der Waals surface area (Å²) in [5.74, 6) is -0.351. The molecule has 0 saturated heterocycles. The molecule has 0 aliphatic heterocycles. The fourth-order valence-electron chi connectivity index (χ4n) is 2.03. The van der Waals surface area contributed by atoms with Gasteiger partial charge in [0.1, 0.15) is 5.69 Å². The minimum absolute atomic E-state index is 0.0281. The van der Waals surface area contributed by atoms with Crippen molar-refractivity contribution in [1.82, 2.24) is 0 Å². The van der Waals surface area contributed by atoms with E-state index in [4.69, 9.17) is 10.5 Å². The third-order valence-corrected chi connectivity index (χ3v) is 3.25. The van der Waals surface area contributed by atoms with Gasteiger partial charge in [-0.2, -0.15) is 0 Å². The number of benzene rings is 1. The molecule has 104 valence electrons. The van der Waals surface area contributed by atoms with E-state index in [-0.39, 0.29) is 23.2 Å². The zero-order valence-corrected chi connectivity index (χ0v) is 10.6. The van der Waals surface area contributed by atoms with Crippen LogP contribution in [0.5, 0.6) is 5.75 Å². The summed E-state index contributed by atoms with van der Waals surface area (Å²) >= 11 is 0. The van der Waals surface area contributed by atoms with Gasteiger partial charge in [-0.3, -0.25) is 10.1 Å². The molecule has 1 unspecified atom stereocenters. The SMILES string of the molecule is COc1cc(NC(CN)C2CC2)c([N+](=O)[O-])cc1F. The molecule has 1 aromatic carbocycles. The Morgan fingerprint density at radius 1 is 1.63 bits per heavy atom. The molecular formula is C12H16FN3O3. The molecule has 6 nitrogen and oxygen atoms in total. The Morgan fingerprint density at radius 3 is 2.79 bits per heavy atom. The Labute approximate surface area is 109 Å². The molecular weight excluding hydrogens is 253 g/mol. The van der Waals surface area contributed by atoms with Gasteiger partial charge in [0.15, 0.2) is 11.6 Å². The minimum Gasteiger partial charge on any atom is -0.494 e. The van der Waals surface area contributed by atoms with Crippen molar-refractivity contribution in [2.45, 2.75) is 18.9 Å². The number of hydrogen-bond donors (Lipinski definition) is 2. The van der Waals surface area contributed by atoms with E-state index < -0.39 is 10.7 Å². The number of rotatable bonds is 6. The second kappa shape index (κ2) is 5.40. The van der Waals surface area contributed by atoms with Crippen LogP contribution >= 0.6 is 0 Å². The van der Waals surface area contributed by atoms with Crippen molar-refractivity contribution in [2.24, 2.45) is 11.7 Å². The van der Waals surface area contributed by atoms with E-state index in [2.05, 4.69) is 5.32 Å². The van der Waals surface area contributed by atoms with Crippen LogP contribution in [0.2, 0.25) is 0 Å². The van der Waals surface area contributed by atoms with Gasteiger partial charge in [0.05, 0.1) is 18.1 Å². The van der Waals surface area contributed by atoms with Crippen molar-refractivity contribution in [2.75, 3.05) is 19.0 Å². The van der Waals surface area contributed by atoms with E-state index in [1.165, 1.54) is 13.2 Å². The first kappa shape index (κ1) is 13.5. The molecule has 1 fully saturated rings. The Kier molecular flexibility index (Phi) is 3.84.